The van der Waals surface area contributed by atoms with Crippen molar-refractivity contribution >= 4 is 39.6 Å². The van der Waals surface area contributed by atoms with Crippen molar-refractivity contribution < 1.29 is 0 Å². The summed E-state index contributed by atoms with van der Waals surface area (Å²) in [5.41, 5.74) is 18.9. The standard InChI is InChI=1S/C56H39NS/c1-55(2)47-21-11-8-18-43(47)46-31-30-41(35-50(46)55)57(39-15-4-3-5-16-39)40-28-24-36(25-29-40)38-27-32-52-51(34-38)56(54-42-17-7-6-14-37(42)26-33-53(54)58-52)48-22-12-9-19-44(48)45-20-10-13-23-49(45)56/h3-35H,1-2H3. The van der Waals surface area contributed by atoms with E-state index in [0.717, 1.165) is 17.1 Å². The number of rotatable bonds is 4. The van der Waals surface area contributed by atoms with Crippen LogP contribution < -0.4 is 4.90 Å². The van der Waals surface area contributed by atoms with Crippen LogP contribution in [-0.2, 0) is 10.8 Å². The molecular weight excluding hydrogens is 719 g/mol. The Morgan fingerprint density at radius 3 is 1.67 bits per heavy atom. The molecule has 1 spiro atoms. The van der Waals surface area contributed by atoms with Crippen LogP contribution in [0.4, 0.5) is 17.1 Å². The first kappa shape index (κ1) is 33.5. The summed E-state index contributed by atoms with van der Waals surface area (Å²) in [6.07, 6.45) is 0. The summed E-state index contributed by atoms with van der Waals surface area (Å²) in [5.74, 6) is 0. The molecule has 2 heteroatoms. The van der Waals surface area contributed by atoms with E-state index < -0.39 is 5.41 Å². The monoisotopic (exact) mass is 757 g/mol. The van der Waals surface area contributed by atoms with Gasteiger partial charge in [0.15, 0.2) is 0 Å². The summed E-state index contributed by atoms with van der Waals surface area (Å²) in [4.78, 5) is 5.04. The fourth-order valence-electron chi connectivity index (χ4n) is 10.5. The van der Waals surface area contributed by atoms with Gasteiger partial charge in [-0.05, 0) is 132 Å². The average molecular weight is 758 g/mol. The van der Waals surface area contributed by atoms with Gasteiger partial charge in [-0.15, -0.1) is 0 Å². The molecule has 0 radical (unpaired) electrons. The predicted molar refractivity (Wildman–Crippen MR) is 243 cm³/mol. The first-order chi connectivity index (χ1) is 28.5. The lowest BCUT2D eigenvalue weighted by atomic mass is 9.66. The third-order valence-electron chi connectivity index (χ3n) is 13.1. The Hall–Kier alpha value is -6.61. The summed E-state index contributed by atoms with van der Waals surface area (Å²) < 4.78 is 0. The largest absolute Gasteiger partial charge is 0.310 e. The predicted octanol–water partition coefficient (Wildman–Crippen LogP) is 15.1. The van der Waals surface area contributed by atoms with Gasteiger partial charge in [0.1, 0.15) is 0 Å². The van der Waals surface area contributed by atoms with Gasteiger partial charge in [-0.25, -0.2) is 0 Å². The van der Waals surface area contributed by atoms with E-state index in [-0.39, 0.29) is 5.41 Å². The third kappa shape index (κ3) is 4.61. The Labute approximate surface area is 344 Å². The quantitative estimate of drug-likeness (QED) is 0.176. The Kier molecular flexibility index (Phi) is 7.19. The smallest absolute Gasteiger partial charge is 0.0741 e. The highest BCUT2D eigenvalue weighted by Crippen LogP contribution is 2.63. The van der Waals surface area contributed by atoms with Crippen molar-refractivity contribution in [3.05, 3.63) is 234 Å². The molecule has 0 bridgehead atoms. The zero-order valence-electron chi connectivity index (χ0n) is 32.4. The zero-order chi connectivity index (χ0) is 38.6. The molecule has 0 saturated heterocycles. The Morgan fingerprint density at radius 2 is 0.931 bits per heavy atom. The number of para-hydroxylation sites is 1. The molecule has 0 saturated carbocycles. The van der Waals surface area contributed by atoms with E-state index in [1.807, 2.05) is 11.8 Å². The van der Waals surface area contributed by atoms with Crippen LogP contribution in [0.2, 0.25) is 0 Å². The third-order valence-corrected chi connectivity index (χ3v) is 14.3. The number of hydrogen-bond acceptors (Lipinski definition) is 2. The normalized spacial score (nSPS) is 14.6. The van der Waals surface area contributed by atoms with Crippen LogP contribution in [-0.4, -0.2) is 0 Å². The van der Waals surface area contributed by atoms with E-state index in [2.05, 4.69) is 219 Å². The van der Waals surface area contributed by atoms with Crippen molar-refractivity contribution in [2.24, 2.45) is 0 Å². The number of fused-ring (bicyclic) bond motifs is 14. The van der Waals surface area contributed by atoms with Crippen LogP contribution in [0, 0.1) is 0 Å². The molecule has 1 nitrogen and oxygen atoms in total. The summed E-state index contributed by atoms with van der Waals surface area (Å²) >= 11 is 1.91. The van der Waals surface area contributed by atoms with Gasteiger partial charge in [-0.1, -0.05) is 171 Å². The average Bonchev–Trinajstić information content (AvgIpc) is 3.69. The molecule has 0 amide bonds. The van der Waals surface area contributed by atoms with Gasteiger partial charge < -0.3 is 4.90 Å². The van der Waals surface area contributed by atoms with Crippen LogP contribution in [0.5, 0.6) is 0 Å². The SMILES string of the molecule is CC1(C)c2ccccc2-c2ccc(N(c3ccccc3)c3ccc(-c4ccc5c(c4)C4(c6ccccc6-c6ccccc64)c4c(ccc6ccccc46)S5)cc3)cc21. The molecule has 0 aromatic heterocycles. The summed E-state index contributed by atoms with van der Waals surface area (Å²) in [6.45, 7) is 4.71. The zero-order valence-corrected chi connectivity index (χ0v) is 33.2. The second kappa shape index (κ2) is 12.4. The van der Waals surface area contributed by atoms with Gasteiger partial charge in [0, 0.05) is 32.3 Å². The van der Waals surface area contributed by atoms with Crippen molar-refractivity contribution in [3.63, 3.8) is 0 Å². The molecular formula is C56H39NS. The minimum atomic E-state index is -0.453. The van der Waals surface area contributed by atoms with Gasteiger partial charge >= 0.3 is 0 Å². The minimum absolute atomic E-state index is 0.0800. The maximum absolute atomic E-state index is 2.50. The molecule has 9 aromatic rings. The highest BCUT2D eigenvalue weighted by molar-refractivity contribution is 7.99. The molecule has 58 heavy (non-hydrogen) atoms. The first-order valence-electron chi connectivity index (χ1n) is 20.3. The van der Waals surface area contributed by atoms with Gasteiger partial charge in [-0.3, -0.25) is 0 Å². The fourth-order valence-corrected chi connectivity index (χ4v) is 11.7. The minimum Gasteiger partial charge on any atom is -0.310 e. The van der Waals surface area contributed by atoms with E-state index in [1.165, 1.54) is 87.3 Å². The Morgan fingerprint density at radius 1 is 0.379 bits per heavy atom. The lowest BCUT2D eigenvalue weighted by Crippen LogP contribution is -2.32. The molecule has 3 aliphatic rings. The molecule has 9 aromatic carbocycles. The molecule has 0 N–H and O–H groups in total. The molecule has 1 heterocycles. The summed E-state index contributed by atoms with van der Waals surface area (Å²) in [6, 6.07) is 74.9. The van der Waals surface area contributed by atoms with E-state index in [9.17, 15) is 0 Å². The van der Waals surface area contributed by atoms with Crippen LogP contribution in [0.1, 0.15) is 47.2 Å². The van der Waals surface area contributed by atoms with Crippen molar-refractivity contribution in [3.8, 4) is 33.4 Å². The van der Waals surface area contributed by atoms with E-state index in [4.69, 9.17) is 0 Å². The van der Waals surface area contributed by atoms with Crippen LogP contribution >= 0.6 is 11.8 Å². The number of nitrogens with zero attached hydrogens (tertiary/aromatic N) is 1. The Bertz CT molecular complexity index is 3080. The second-order valence-electron chi connectivity index (χ2n) is 16.4. The van der Waals surface area contributed by atoms with Gasteiger partial charge in [-0.2, -0.15) is 0 Å². The summed E-state index contributed by atoms with van der Waals surface area (Å²) in [7, 11) is 0. The number of anilines is 3. The fraction of sp³-hybridized carbons (Fsp3) is 0.0714. The molecule has 2 aliphatic carbocycles. The second-order valence-corrected chi connectivity index (χ2v) is 17.5. The van der Waals surface area contributed by atoms with E-state index >= 15 is 0 Å². The van der Waals surface area contributed by atoms with Crippen molar-refractivity contribution in [2.45, 2.75) is 34.5 Å². The maximum Gasteiger partial charge on any atom is 0.0741 e. The highest BCUT2D eigenvalue weighted by Gasteiger charge is 2.51. The van der Waals surface area contributed by atoms with Crippen molar-refractivity contribution in [1.29, 1.82) is 0 Å². The molecule has 0 atom stereocenters. The topological polar surface area (TPSA) is 3.24 Å². The lowest BCUT2D eigenvalue weighted by molar-refractivity contribution is 0.660. The Balaban J connectivity index is 1.01. The van der Waals surface area contributed by atoms with Crippen LogP contribution in [0.25, 0.3) is 44.2 Å². The molecule has 0 fully saturated rings. The van der Waals surface area contributed by atoms with Crippen LogP contribution in [0.3, 0.4) is 0 Å². The number of benzene rings is 9. The molecule has 12 rings (SSSR count). The van der Waals surface area contributed by atoms with Gasteiger partial charge in [0.25, 0.3) is 0 Å². The molecule has 0 unspecified atom stereocenters. The van der Waals surface area contributed by atoms with Crippen molar-refractivity contribution in [1.82, 2.24) is 0 Å². The lowest BCUT2D eigenvalue weighted by Gasteiger charge is -2.40. The van der Waals surface area contributed by atoms with E-state index in [0.29, 0.717) is 0 Å². The van der Waals surface area contributed by atoms with Crippen molar-refractivity contribution in [2.75, 3.05) is 4.90 Å². The highest BCUT2D eigenvalue weighted by atomic mass is 32.2. The van der Waals surface area contributed by atoms with Gasteiger partial charge in [0.05, 0.1) is 5.41 Å². The van der Waals surface area contributed by atoms with E-state index in [1.54, 1.807) is 0 Å². The van der Waals surface area contributed by atoms with Crippen LogP contribution in [0.15, 0.2) is 210 Å². The summed E-state index contributed by atoms with van der Waals surface area (Å²) in [5, 5.41) is 2.59. The first-order valence-corrected chi connectivity index (χ1v) is 21.1. The van der Waals surface area contributed by atoms with Gasteiger partial charge in [0.2, 0.25) is 0 Å². The molecule has 1 aliphatic heterocycles. The number of hydrogen-bond donors (Lipinski definition) is 0. The maximum atomic E-state index is 2.50. The molecule has 274 valence electrons.